The molecule has 1 aliphatic rings. The number of amides is 2. The topological polar surface area (TPSA) is 82.0 Å². The van der Waals surface area contributed by atoms with Crippen molar-refractivity contribution in [2.45, 2.75) is 33.1 Å². The van der Waals surface area contributed by atoms with Gasteiger partial charge in [0.15, 0.2) is 0 Å². The summed E-state index contributed by atoms with van der Waals surface area (Å²) in [7, 11) is 0. The number of benzene rings is 2. The van der Waals surface area contributed by atoms with Crippen LogP contribution in [0.1, 0.15) is 34.6 Å². The maximum absolute atomic E-state index is 12.5. The number of allylic oxidation sites excluding steroid dienone is 1. The monoisotopic (exact) mass is 439 g/mol. The molecule has 2 amide bonds. The van der Waals surface area contributed by atoms with E-state index in [0.29, 0.717) is 15.6 Å². The first-order valence-corrected chi connectivity index (χ1v) is 10.8. The van der Waals surface area contributed by atoms with E-state index in [2.05, 4.69) is 16.7 Å². The third-order valence-corrected chi connectivity index (χ3v) is 6.19. The zero-order valence-electron chi connectivity index (χ0n) is 17.0. The molecule has 0 bridgehead atoms. The molecule has 1 atom stereocenters. The molecular weight excluding hydrogens is 418 g/mol. The molecule has 7 heteroatoms. The van der Waals surface area contributed by atoms with Gasteiger partial charge in [0.05, 0.1) is 22.4 Å². The van der Waals surface area contributed by atoms with Gasteiger partial charge in [-0.1, -0.05) is 53.2 Å². The first-order valence-electron chi connectivity index (χ1n) is 9.48. The van der Waals surface area contributed by atoms with Crippen LogP contribution in [0.25, 0.3) is 0 Å². The van der Waals surface area contributed by atoms with Gasteiger partial charge in [-0.15, -0.1) is 0 Å². The first-order chi connectivity index (χ1) is 14.3. The molecule has 2 N–H and O–H groups in total. The van der Waals surface area contributed by atoms with Crippen LogP contribution < -0.4 is 10.6 Å². The Morgan fingerprint density at radius 2 is 1.87 bits per heavy atom. The molecule has 0 spiro atoms. The normalized spacial score (nSPS) is 16.1. The smallest absolute Gasteiger partial charge is 0.234 e. The van der Waals surface area contributed by atoms with E-state index < -0.39 is 0 Å². The van der Waals surface area contributed by atoms with E-state index in [-0.39, 0.29) is 29.9 Å². The van der Waals surface area contributed by atoms with Crippen molar-refractivity contribution in [3.8, 4) is 6.07 Å². The molecule has 0 radical (unpaired) electrons. The molecule has 3 rings (SSSR count). The highest BCUT2D eigenvalue weighted by Gasteiger charge is 2.29. The molecule has 0 saturated carbocycles. The molecule has 5 nitrogen and oxygen atoms in total. The second-order valence-electron chi connectivity index (χ2n) is 7.32. The second kappa shape index (κ2) is 9.38. The highest BCUT2D eigenvalue weighted by Crippen LogP contribution is 2.36. The minimum absolute atomic E-state index is 0.0842. The van der Waals surface area contributed by atoms with Gasteiger partial charge in [-0.2, -0.15) is 5.26 Å². The lowest BCUT2D eigenvalue weighted by molar-refractivity contribution is -0.121. The third kappa shape index (κ3) is 5.05. The fourth-order valence-corrected chi connectivity index (χ4v) is 4.61. The molecule has 154 valence electrons. The maximum Gasteiger partial charge on any atom is 0.234 e. The van der Waals surface area contributed by atoms with Crippen molar-refractivity contribution in [2.24, 2.45) is 0 Å². The largest absolute Gasteiger partial charge is 0.325 e. The molecule has 0 saturated heterocycles. The lowest BCUT2D eigenvalue weighted by Crippen LogP contribution is -2.31. The first kappa shape index (κ1) is 21.9. The standard InChI is InChI=1S/C23H22ClN3O2S/c1-13-8-14(2)22(15(3)9-13)26-21(29)12-30-23-19(11-25)18(10-20(28)27-23)16-4-6-17(24)7-5-16/h4-9,18H,10,12H2,1-3H3,(H,26,29)(H,27,28)/t18-/m1/s1. The van der Waals surface area contributed by atoms with Crippen LogP contribution >= 0.6 is 23.4 Å². The summed E-state index contributed by atoms with van der Waals surface area (Å²) < 4.78 is 0. The summed E-state index contributed by atoms with van der Waals surface area (Å²) >= 11 is 7.12. The van der Waals surface area contributed by atoms with Crippen molar-refractivity contribution >= 4 is 40.9 Å². The van der Waals surface area contributed by atoms with Gasteiger partial charge in [0.2, 0.25) is 11.8 Å². The Kier molecular flexibility index (Phi) is 6.86. The maximum atomic E-state index is 12.5. The number of halogens is 1. The van der Waals surface area contributed by atoms with Gasteiger partial charge in [0.25, 0.3) is 0 Å². The third-order valence-electron chi connectivity index (χ3n) is 4.92. The Hall–Kier alpha value is -2.75. The quantitative estimate of drug-likeness (QED) is 0.688. The number of aryl methyl sites for hydroxylation is 3. The van der Waals surface area contributed by atoms with Crippen LogP contribution in [0.3, 0.4) is 0 Å². The molecule has 0 unspecified atom stereocenters. The molecule has 1 aliphatic heterocycles. The van der Waals surface area contributed by atoms with Gasteiger partial charge in [-0.25, -0.2) is 0 Å². The molecule has 30 heavy (non-hydrogen) atoms. The van der Waals surface area contributed by atoms with E-state index in [0.717, 1.165) is 39.7 Å². The number of hydrogen-bond acceptors (Lipinski definition) is 4. The predicted molar refractivity (Wildman–Crippen MR) is 121 cm³/mol. The van der Waals surface area contributed by atoms with Gasteiger partial charge < -0.3 is 10.6 Å². The summed E-state index contributed by atoms with van der Waals surface area (Å²) in [6.45, 7) is 5.93. The summed E-state index contributed by atoms with van der Waals surface area (Å²) in [6, 6.07) is 13.4. The highest BCUT2D eigenvalue weighted by atomic mass is 35.5. The van der Waals surface area contributed by atoms with Crippen LogP contribution in [0.2, 0.25) is 5.02 Å². The summed E-state index contributed by atoms with van der Waals surface area (Å²) in [6.07, 6.45) is 0.183. The van der Waals surface area contributed by atoms with Crippen molar-refractivity contribution < 1.29 is 9.59 Å². The van der Waals surface area contributed by atoms with E-state index >= 15 is 0 Å². The highest BCUT2D eigenvalue weighted by molar-refractivity contribution is 8.03. The van der Waals surface area contributed by atoms with Crippen LogP contribution in [-0.2, 0) is 9.59 Å². The van der Waals surface area contributed by atoms with Crippen molar-refractivity contribution in [1.82, 2.24) is 5.32 Å². The Morgan fingerprint density at radius 1 is 1.23 bits per heavy atom. The summed E-state index contributed by atoms with van der Waals surface area (Å²) in [5.41, 5.74) is 5.23. The molecule has 0 aromatic heterocycles. The van der Waals surface area contributed by atoms with Gasteiger partial charge in [0, 0.05) is 23.0 Å². The number of carbonyl (C=O) groups excluding carboxylic acids is 2. The number of anilines is 1. The van der Waals surface area contributed by atoms with Gasteiger partial charge in [-0.05, 0) is 49.6 Å². The van der Waals surface area contributed by atoms with E-state index in [1.54, 1.807) is 12.1 Å². The van der Waals surface area contributed by atoms with Crippen LogP contribution in [0, 0.1) is 32.1 Å². The van der Waals surface area contributed by atoms with E-state index in [1.807, 2.05) is 45.0 Å². The zero-order chi connectivity index (χ0) is 21.8. The van der Waals surface area contributed by atoms with E-state index in [1.165, 1.54) is 0 Å². The Balaban J connectivity index is 1.77. The fourth-order valence-electron chi connectivity index (χ4n) is 3.60. The van der Waals surface area contributed by atoms with Crippen molar-refractivity contribution in [3.63, 3.8) is 0 Å². The van der Waals surface area contributed by atoms with E-state index in [4.69, 9.17) is 11.6 Å². The molecule has 0 fully saturated rings. The van der Waals surface area contributed by atoms with Crippen LogP contribution in [0.15, 0.2) is 47.0 Å². The van der Waals surface area contributed by atoms with Crippen molar-refractivity contribution in [3.05, 3.63) is 74.3 Å². The zero-order valence-corrected chi connectivity index (χ0v) is 18.6. The summed E-state index contributed by atoms with van der Waals surface area (Å²) in [5, 5.41) is 16.5. The van der Waals surface area contributed by atoms with Crippen molar-refractivity contribution in [2.75, 3.05) is 11.1 Å². The lowest BCUT2D eigenvalue weighted by Gasteiger charge is -2.25. The number of rotatable bonds is 5. The Bertz CT molecular complexity index is 1050. The number of hydrogen-bond donors (Lipinski definition) is 2. The number of thioether (sulfide) groups is 1. The van der Waals surface area contributed by atoms with Crippen LogP contribution in [0.5, 0.6) is 0 Å². The average molecular weight is 440 g/mol. The van der Waals surface area contributed by atoms with Gasteiger partial charge >= 0.3 is 0 Å². The van der Waals surface area contributed by atoms with Crippen LogP contribution in [0.4, 0.5) is 5.69 Å². The van der Waals surface area contributed by atoms with Gasteiger partial charge in [-0.3, -0.25) is 9.59 Å². The Labute approximate surface area is 185 Å². The minimum Gasteiger partial charge on any atom is -0.325 e. The minimum atomic E-state index is -0.354. The van der Waals surface area contributed by atoms with Crippen LogP contribution in [-0.4, -0.2) is 17.6 Å². The molecule has 0 aliphatic carbocycles. The summed E-state index contributed by atoms with van der Waals surface area (Å²) in [4.78, 5) is 24.8. The number of nitrogens with zero attached hydrogens (tertiary/aromatic N) is 1. The summed E-state index contributed by atoms with van der Waals surface area (Å²) in [5.74, 6) is -0.640. The molecular formula is C23H22ClN3O2S. The fraction of sp³-hybridized carbons (Fsp3) is 0.261. The predicted octanol–water partition coefficient (Wildman–Crippen LogP) is 4.98. The number of nitrogens with one attached hydrogen (secondary N) is 2. The number of carbonyl (C=O) groups is 2. The second-order valence-corrected chi connectivity index (χ2v) is 8.74. The van der Waals surface area contributed by atoms with E-state index in [9.17, 15) is 14.9 Å². The SMILES string of the molecule is Cc1cc(C)c(NC(=O)CSC2=C(C#N)[C@@H](c3ccc(Cl)cc3)CC(=O)N2)c(C)c1. The molecule has 2 aromatic carbocycles. The molecule has 1 heterocycles. The lowest BCUT2D eigenvalue weighted by atomic mass is 9.87. The average Bonchev–Trinajstić information content (AvgIpc) is 2.69. The molecule has 2 aromatic rings. The van der Waals surface area contributed by atoms with Gasteiger partial charge in [0.1, 0.15) is 0 Å². The Morgan fingerprint density at radius 3 is 2.47 bits per heavy atom. The van der Waals surface area contributed by atoms with Crippen molar-refractivity contribution in [1.29, 1.82) is 5.26 Å². The number of nitriles is 1.